The van der Waals surface area contributed by atoms with Gasteiger partial charge in [-0.3, -0.25) is 37.3 Å². The van der Waals surface area contributed by atoms with Crippen LogP contribution in [0.1, 0.15) is 401 Å². The van der Waals surface area contributed by atoms with Gasteiger partial charge in [0, 0.05) is 25.7 Å². The van der Waals surface area contributed by atoms with Gasteiger partial charge in [-0.15, -0.1) is 0 Å². The topological polar surface area (TPSA) is 237 Å². The summed E-state index contributed by atoms with van der Waals surface area (Å²) in [6, 6.07) is 0. The molecule has 0 heterocycles. The molecule has 0 aromatic rings. The minimum absolute atomic E-state index is 0.107. The van der Waals surface area contributed by atoms with Crippen LogP contribution in [-0.2, 0) is 65.4 Å². The first kappa shape index (κ1) is 94.1. The van der Waals surface area contributed by atoms with Gasteiger partial charge in [-0.05, 0) is 37.5 Å². The van der Waals surface area contributed by atoms with E-state index in [1.807, 2.05) is 0 Å². The zero-order chi connectivity index (χ0) is 70.7. The van der Waals surface area contributed by atoms with Gasteiger partial charge in [0.2, 0.25) is 0 Å². The van der Waals surface area contributed by atoms with Gasteiger partial charge in [0.05, 0.1) is 26.4 Å². The van der Waals surface area contributed by atoms with Gasteiger partial charge >= 0.3 is 39.5 Å². The molecule has 0 bridgehead atoms. The number of aliphatic hydroxyl groups excluding tert-OH is 1. The van der Waals surface area contributed by atoms with Gasteiger partial charge < -0.3 is 33.8 Å². The van der Waals surface area contributed by atoms with Crippen molar-refractivity contribution in [2.75, 3.05) is 39.6 Å². The van der Waals surface area contributed by atoms with Gasteiger partial charge in [-0.2, -0.15) is 0 Å². The number of esters is 4. The molecule has 0 fully saturated rings. The van der Waals surface area contributed by atoms with E-state index >= 15 is 0 Å². The highest BCUT2D eigenvalue weighted by Gasteiger charge is 2.30. The fourth-order valence-electron chi connectivity index (χ4n) is 11.8. The lowest BCUT2D eigenvalue weighted by atomic mass is 9.99. The lowest BCUT2D eigenvalue weighted by Crippen LogP contribution is -2.30. The number of hydrogen-bond acceptors (Lipinski definition) is 15. The summed E-state index contributed by atoms with van der Waals surface area (Å²) in [7, 11) is -9.91. The Hall–Kier alpha value is -1.94. The number of phosphoric acid groups is 2. The summed E-state index contributed by atoms with van der Waals surface area (Å²) in [6.45, 7) is 9.63. The number of aliphatic hydroxyl groups is 1. The van der Waals surface area contributed by atoms with Crippen molar-refractivity contribution in [3.05, 3.63) is 0 Å². The molecule has 3 unspecified atom stereocenters. The van der Waals surface area contributed by atoms with Crippen LogP contribution in [0, 0.1) is 11.8 Å². The molecule has 0 aliphatic heterocycles. The minimum Gasteiger partial charge on any atom is -0.462 e. The largest absolute Gasteiger partial charge is 0.472 e. The van der Waals surface area contributed by atoms with E-state index in [1.165, 1.54) is 205 Å². The molecule has 96 heavy (non-hydrogen) atoms. The van der Waals surface area contributed by atoms with E-state index in [2.05, 4.69) is 41.5 Å². The lowest BCUT2D eigenvalue weighted by molar-refractivity contribution is -0.161. The van der Waals surface area contributed by atoms with Gasteiger partial charge in [0.15, 0.2) is 12.2 Å². The molecule has 17 nitrogen and oxygen atoms in total. The molecule has 0 saturated heterocycles. The molecule has 3 N–H and O–H groups in total. The average Bonchev–Trinajstić information content (AvgIpc) is 2.70. The van der Waals surface area contributed by atoms with E-state index in [4.69, 9.17) is 37.0 Å². The van der Waals surface area contributed by atoms with Crippen molar-refractivity contribution in [3.63, 3.8) is 0 Å². The Morgan fingerprint density at radius 1 is 0.302 bits per heavy atom. The Labute approximate surface area is 588 Å². The molecule has 19 heteroatoms. The van der Waals surface area contributed by atoms with Crippen LogP contribution in [0.4, 0.5) is 0 Å². The average molecular weight is 1410 g/mol. The maximum Gasteiger partial charge on any atom is 0.472 e. The van der Waals surface area contributed by atoms with E-state index < -0.39 is 97.5 Å². The fraction of sp³-hybridized carbons (Fsp3) is 0.948. The molecule has 0 aliphatic carbocycles. The standard InChI is InChI=1S/C77H150O17P2/c1-7-10-12-14-16-17-18-25-31-37-43-49-55-61-76(81)93-72(65-87-74(79)59-53-47-39-15-13-11-8-2)67-91-95(83,84)89-63-71(78)64-90-96(85,86)92-68-73(66-88-75(80)60-54-48-42-36-33-28-29-34-40-45-51-57-69(4)5)94-77(82)62-56-50-44-38-32-27-24-22-20-19-21-23-26-30-35-41-46-52-58-70(6)9-3/h69-73,78H,7-68H2,1-6H3,(H,83,84)(H,85,86)/t70?,71-,72+,73+/m0/s1. The molecule has 0 radical (unpaired) electrons. The summed E-state index contributed by atoms with van der Waals surface area (Å²) in [5, 5.41) is 10.6. The highest BCUT2D eigenvalue weighted by molar-refractivity contribution is 7.47. The summed E-state index contributed by atoms with van der Waals surface area (Å²) in [5.74, 6) is -0.476. The zero-order valence-corrected chi connectivity index (χ0v) is 64.5. The van der Waals surface area contributed by atoms with Crippen LogP contribution in [0.15, 0.2) is 0 Å². The molecular formula is C77H150O17P2. The van der Waals surface area contributed by atoms with Crippen molar-refractivity contribution >= 4 is 39.5 Å². The van der Waals surface area contributed by atoms with Crippen LogP contribution in [0.3, 0.4) is 0 Å². The summed E-state index contributed by atoms with van der Waals surface area (Å²) in [6.07, 6.45) is 57.0. The second-order valence-corrected chi connectivity index (χ2v) is 31.4. The first-order chi connectivity index (χ1) is 46.4. The molecule has 0 saturated carbocycles. The third-order valence-electron chi connectivity index (χ3n) is 18.3. The Balaban J connectivity index is 5.16. The SMILES string of the molecule is CCCCCCCCCCCCCCCC(=O)O[C@H](COC(=O)CCCCCCCCC)COP(=O)(O)OC[C@H](O)COP(=O)(O)OC[C@@H](COC(=O)CCCCCCCCCCCCCC(C)C)OC(=O)CCCCCCCCCCCCCCCCCCCCC(C)CC. The smallest absolute Gasteiger partial charge is 0.462 e. The lowest BCUT2D eigenvalue weighted by Gasteiger charge is -2.21. The Bertz CT molecular complexity index is 1860. The Morgan fingerprint density at radius 3 is 0.792 bits per heavy atom. The van der Waals surface area contributed by atoms with E-state index in [9.17, 15) is 43.2 Å². The van der Waals surface area contributed by atoms with Crippen molar-refractivity contribution in [2.45, 2.75) is 419 Å². The van der Waals surface area contributed by atoms with Crippen LogP contribution in [0.25, 0.3) is 0 Å². The molecule has 0 aromatic heterocycles. The van der Waals surface area contributed by atoms with E-state index in [1.54, 1.807) is 0 Å². The van der Waals surface area contributed by atoms with Gasteiger partial charge in [0.1, 0.15) is 19.3 Å². The number of carbonyl (C=O) groups excluding carboxylic acids is 4. The third kappa shape index (κ3) is 69.2. The Kier molecular flexibility index (Phi) is 67.4. The minimum atomic E-state index is -4.96. The van der Waals surface area contributed by atoms with Crippen LogP contribution < -0.4 is 0 Å². The molecule has 0 aromatic carbocycles. The normalized spacial score (nSPS) is 14.3. The fourth-order valence-corrected chi connectivity index (χ4v) is 13.4. The number of hydrogen-bond donors (Lipinski definition) is 3. The number of unbranched alkanes of at least 4 members (excludes halogenated alkanes) is 45. The third-order valence-corrected chi connectivity index (χ3v) is 20.2. The van der Waals surface area contributed by atoms with Crippen molar-refractivity contribution < 1.29 is 80.2 Å². The number of ether oxygens (including phenoxy) is 4. The zero-order valence-electron chi connectivity index (χ0n) is 62.7. The van der Waals surface area contributed by atoms with Crippen LogP contribution in [0.2, 0.25) is 0 Å². The molecule has 6 atom stereocenters. The maximum atomic E-state index is 13.1. The van der Waals surface area contributed by atoms with E-state index in [0.29, 0.717) is 25.7 Å². The monoisotopic (exact) mass is 1410 g/mol. The molecular weight excluding hydrogens is 1260 g/mol. The summed E-state index contributed by atoms with van der Waals surface area (Å²) in [4.78, 5) is 72.7. The van der Waals surface area contributed by atoms with Crippen LogP contribution >= 0.6 is 15.6 Å². The summed E-state index contributed by atoms with van der Waals surface area (Å²) in [5.41, 5.74) is 0. The van der Waals surface area contributed by atoms with E-state index in [0.717, 1.165) is 115 Å². The highest BCUT2D eigenvalue weighted by Crippen LogP contribution is 2.45. The van der Waals surface area contributed by atoms with Gasteiger partial charge in [-0.1, -0.05) is 350 Å². The number of phosphoric ester groups is 2. The Morgan fingerprint density at radius 2 is 0.531 bits per heavy atom. The van der Waals surface area contributed by atoms with Gasteiger partial charge in [-0.25, -0.2) is 9.13 Å². The first-order valence-electron chi connectivity index (χ1n) is 40.0. The molecule has 0 rings (SSSR count). The van der Waals surface area contributed by atoms with Crippen molar-refractivity contribution in [1.29, 1.82) is 0 Å². The molecule has 0 aliphatic rings. The maximum absolute atomic E-state index is 13.1. The molecule has 0 spiro atoms. The second kappa shape index (κ2) is 68.8. The van der Waals surface area contributed by atoms with Crippen LogP contribution in [-0.4, -0.2) is 96.7 Å². The predicted molar refractivity (Wildman–Crippen MR) is 391 cm³/mol. The van der Waals surface area contributed by atoms with Gasteiger partial charge in [0.25, 0.3) is 0 Å². The second-order valence-electron chi connectivity index (χ2n) is 28.5. The van der Waals surface area contributed by atoms with Crippen molar-refractivity contribution in [2.24, 2.45) is 11.8 Å². The first-order valence-corrected chi connectivity index (χ1v) is 43.0. The summed E-state index contributed by atoms with van der Waals surface area (Å²) >= 11 is 0. The quantitative estimate of drug-likeness (QED) is 0.0222. The number of rotatable bonds is 76. The van der Waals surface area contributed by atoms with Crippen molar-refractivity contribution in [3.8, 4) is 0 Å². The predicted octanol–water partition coefficient (Wildman–Crippen LogP) is 22.7. The molecule has 0 amide bonds. The van der Waals surface area contributed by atoms with Crippen LogP contribution in [0.5, 0.6) is 0 Å². The molecule has 570 valence electrons. The van der Waals surface area contributed by atoms with Crippen molar-refractivity contribution in [1.82, 2.24) is 0 Å². The highest BCUT2D eigenvalue weighted by atomic mass is 31.2. The summed E-state index contributed by atoms with van der Waals surface area (Å²) < 4.78 is 68.4. The number of carbonyl (C=O) groups is 4. The van der Waals surface area contributed by atoms with E-state index in [-0.39, 0.29) is 25.7 Å².